The monoisotopic (exact) mass is 260 g/mol. The molecule has 0 aromatic carbocycles. The number of hydrogen-bond donors (Lipinski definition) is 2. The summed E-state index contributed by atoms with van der Waals surface area (Å²) in [5.74, 6) is 0.408. The lowest BCUT2D eigenvalue weighted by atomic mass is 10.0. The second-order valence-electron chi connectivity index (χ2n) is 4.33. The minimum atomic E-state index is -0.962. The number of ketones is 1. The molecule has 0 bridgehead atoms. The van der Waals surface area contributed by atoms with Crippen LogP contribution in [-0.2, 0) is 14.3 Å². The highest BCUT2D eigenvalue weighted by Crippen LogP contribution is 2.41. The maximum atomic E-state index is 11.4. The van der Waals surface area contributed by atoms with Crippen molar-refractivity contribution in [1.82, 2.24) is 0 Å². The number of rotatable bonds is 1. The number of ether oxygens (including phenoxy) is 2. The molecule has 17 heavy (non-hydrogen) atoms. The van der Waals surface area contributed by atoms with Gasteiger partial charge in [0.25, 0.3) is 0 Å². The second kappa shape index (κ2) is 4.61. The molecule has 1 fully saturated rings. The van der Waals surface area contributed by atoms with Crippen molar-refractivity contribution in [3.8, 4) is 0 Å². The first-order valence-electron chi connectivity index (χ1n) is 5.48. The smallest absolute Gasteiger partial charge is 0.214 e. The topological polar surface area (TPSA) is 76.0 Å². The van der Waals surface area contributed by atoms with Crippen molar-refractivity contribution in [3.63, 3.8) is 0 Å². The quantitative estimate of drug-likeness (QED) is 0.711. The molecular weight excluding hydrogens is 244 g/mol. The van der Waals surface area contributed by atoms with E-state index in [2.05, 4.69) is 0 Å². The summed E-state index contributed by atoms with van der Waals surface area (Å²) in [4.78, 5) is 11.9. The highest BCUT2D eigenvalue weighted by molar-refractivity contribution is 8.04. The Hall–Kier alpha value is -0.560. The summed E-state index contributed by atoms with van der Waals surface area (Å²) < 4.78 is 11.0. The lowest BCUT2D eigenvalue weighted by Gasteiger charge is -2.43. The summed E-state index contributed by atoms with van der Waals surface area (Å²) in [6.07, 6.45) is -3.02. The van der Waals surface area contributed by atoms with Crippen LogP contribution in [0, 0.1) is 0 Å². The largest absolute Gasteiger partial charge is 0.467 e. The zero-order valence-electron chi connectivity index (χ0n) is 9.91. The fraction of sp³-hybridized carbons (Fsp3) is 0.727. The number of Topliss-reactive ketones (excluding diaryl/α,β-unsaturated/α-hetero) is 1. The first kappa shape index (κ1) is 12.9. The average Bonchev–Trinajstić information content (AvgIpc) is 2.25. The summed E-state index contributed by atoms with van der Waals surface area (Å²) in [5, 5.41) is 19.2. The molecule has 2 heterocycles. The number of carbonyl (C=O) groups is 1. The molecule has 2 aliphatic rings. The van der Waals surface area contributed by atoms with Crippen LogP contribution < -0.4 is 0 Å². The highest BCUT2D eigenvalue weighted by atomic mass is 32.2. The van der Waals surface area contributed by atoms with Gasteiger partial charge in [0.2, 0.25) is 6.29 Å². The third-order valence-electron chi connectivity index (χ3n) is 2.97. The normalized spacial score (nSPS) is 41.8. The number of allylic oxidation sites excluding steroid dienone is 2. The second-order valence-corrected chi connectivity index (χ2v) is 5.52. The van der Waals surface area contributed by atoms with Gasteiger partial charge in [-0.1, -0.05) is 0 Å². The van der Waals surface area contributed by atoms with E-state index in [1.807, 2.05) is 0 Å². The maximum absolute atomic E-state index is 11.4. The fourth-order valence-corrected chi connectivity index (χ4v) is 3.18. The molecule has 5 atom stereocenters. The fourth-order valence-electron chi connectivity index (χ4n) is 2.00. The molecule has 6 heteroatoms. The predicted molar refractivity (Wildman–Crippen MR) is 62.2 cm³/mol. The standard InChI is InChI=1S/C11H16O5S/c1-4(12)9-6(3)16-11-10(17-9)8(14)7(13)5(2)15-11/h5,7-8,10-11,13-14H,1-3H3. The third-order valence-corrected chi connectivity index (χ3v) is 4.55. The molecular formula is C11H16O5S. The molecule has 2 rings (SSSR count). The minimum absolute atomic E-state index is 0.105. The van der Waals surface area contributed by atoms with Crippen molar-refractivity contribution in [2.45, 2.75) is 50.6 Å². The predicted octanol–water partition coefficient (Wildman–Crippen LogP) is 0.405. The minimum Gasteiger partial charge on any atom is -0.467 e. The molecule has 2 N–H and O–H groups in total. The van der Waals surface area contributed by atoms with Crippen LogP contribution in [0.4, 0.5) is 0 Å². The lowest BCUT2D eigenvalue weighted by Crippen LogP contribution is -2.56. The zero-order valence-corrected chi connectivity index (χ0v) is 10.7. The van der Waals surface area contributed by atoms with Crippen LogP contribution in [0.3, 0.4) is 0 Å². The lowest BCUT2D eigenvalue weighted by molar-refractivity contribution is -0.229. The van der Waals surface area contributed by atoms with Crippen LogP contribution in [0.5, 0.6) is 0 Å². The van der Waals surface area contributed by atoms with Gasteiger partial charge in [-0.2, -0.15) is 0 Å². The van der Waals surface area contributed by atoms with Crippen molar-refractivity contribution in [1.29, 1.82) is 0 Å². The van der Waals surface area contributed by atoms with Gasteiger partial charge >= 0.3 is 0 Å². The maximum Gasteiger partial charge on any atom is 0.214 e. The van der Waals surface area contributed by atoms with E-state index in [9.17, 15) is 15.0 Å². The van der Waals surface area contributed by atoms with Crippen LogP contribution in [0.2, 0.25) is 0 Å². The van der Waals surface area contributed by atoms with E-state index in [1.54, 1.807) is 13.8 Å². The molecule has 0 saturated carbocycles. The Kier molecular flexibility index (Phi) is 3.49. The summed E-state index contributed by atoms with van der Waals surface area (Å²) in [6, 6.07) is 0. The number of carbonyl (C=O) groups excluding carboxylic acids is 1. The van der Waals surface area contributed by atoms with E-state index < -0.39 is 29.9 Å². The summed E-state index contributed by atoms with van der Waals surface area (Å²) >= 11 is 1.22. The van der Waals surface area contributed by atoms with Crippen molar-refractivity contribution in [2.24, 2.45) is 0 Å². The van der Waals surface area contributed by atoms with Gasteiger partial charge < -0.3 is 19.7 Å². The van der Waals surface area contributed by atoms with Gasteiger partial charge in [-0.15, -0.1) is 11.8 Å². The van der Waals surface area contributed by atoms with Crippen molar-refractivity contribution in [2.75, 3.05) is 0 Å². The van der Waals surface area contributed by atoms with E-state index >= 15 is 0 Å². The molecule has 0 aromatic heterocycles. The van der Waals surface area contributed by atoms with Crippen molar-refractivity contribution < 1.29 is 24.5 Å². The van der Waals surface area contributed by atoms with E-state index in [0.29, 0.717) is 10.7 Å². The Morgan fingerprint density at radius 3 is 2.59 bits per heavy atom. The summed E-state index contributed by atoms with van der Waals surface area (Å²) in [7, 11) is 0. The van der Waals surface area contributed by atoms with E-state index in [4.69, 9.17) is 9.47 Å². The number of aliphatic hydroxyl groups is 2. The van der Waals surface area contributed by atoms with E-state index in [-0.39, 0.29) is 5.78 Å². The number of hydrogen-bond acceptors (Lipinski definition) is 6. The van der Waals surface area contributed by atoms with Gasteiger partial charge in [-0.25, -0.2) is 0 Å². The molecule has 2 aliphatic heterocycles. The molecule has 0 amide bonds. The van der Waals surface area contributed by atoms with Crippen LogP contribution in [0.15, 0.2) is 10.7 Å². The molecule has 5 unspecified atom stereocenters. The van der Waals surface area contributed by atoms with E-state index in [1.165, 1.54) is 18.7 Å². The zero-order chi connectivity index (χ0) is 12.7. The summed E-state index contributed by atoms with van der Waals surface area (Å²) in [5.41, 5.74) is 0. The van der Waals surface area contributed by atoms with Crippen LogP contribution in [0.25, 0.3) is 0 Å². The first-order chi connectivity index (χ1) is 7.91. The summed E-state index contributed by atoms with van der Waals surface area (Å²) in [6.45, 7) is 4.83. The molecule has 0 aliphatic carbocycles. The van der Waals surface area contributed by atoms with Crippen LogP contribution >= 0.6 is 11.8 Å². The van der Waals surface area contributed by atoms with E-state index in [0.717, 1.165) is 0 Å². The SMILES string of the molecule is CC(=O)C1=C(C)OC2OC(C)C(O)C(O)C2S1. The Morgan fingerprint density at radius 1 is 1.35 bits per heavy atom. The first-order valence-corrected chi connectivity index (χ1v) is 6.36. The Morgan fingerprint density at radius 2 is 2.00 bits per heavy atom. The average molecular weight is 260 g/mol. The Labute approximate surface area is 104 Å². The van der Waals surface area contributed by atoms with Gasteiger partial charge in [0, 0.05) is 0 Å². The van der Waals surface area contributed by atoms with Gasteiger partial charge in [0.15, 0.2) is 5.78 Å². The molecule has 1 saturated heterocycles. The molecule has 0 aromatic rings. The molecule has 0 radical (unpaired) electrons. The number of fused-ring (bicyclic) bond motifs is 1. The van der Waals surface area contributed by atoms with Gasteiger partial charge in [0.1, 0.15) is 23.2 Å². The van der Waals surface area contributed by atoms with Crippen molar-refractivity contribution >= 4 is 17.5 Å². The third kappa shape index (κ3) is 2.22. The molecule has 5 nitrogen and oxygen atoms in total. The van der Waals surface area contributed by atoms with Crippen LogP contribution in [0.1, 0.15) is 20.8 Å². The number of aliphatic hydroxyl groups excluding tert-OH is 2. The van der Waals surface area contributed by atoms with Crippen molar-refractivity contribution in [3.05, 3.63) is 10.7 Å². The molecule has 0 spiro atoms. The van der Waals surface area contributed by atoms with Gasteiger partial charge in [0.05, 0.1) is 11.0 Å². The van der Waals surface area contributed by atoms with Gasteiger partial charge in [-0.05, 0) is 20.8 Å². The van der Waals surface area contributed by atoms with Crippen LogP contribution in [-0.4, -0.2) is 45.8 Å². The Bertz CT molecular complexity index is 367. The highest BCUT2D eigenvalue weighted by Gasteiger charge is 2.47. The van der Waals surface area contributed by atoms with Gasteiger partial charge in [-0.3, -0.25) is 4.79 Å². The number of thioether (sulfide) groups is 1. The Balaban J connectivity index is 2.25. The molecule has 96 valence electrons.